The number of esters is 1. The molecule has 1 N–H and O–H groups in total. The fourth-order valence-electron chi connectivity index (χ4n) is 1.74. The molecule has 1 aromatic rings. The molecule has 0 aliphatic heterocycles. The molecule has 1 heterocycles. The van der Waals surface area contributed by atoms with Crippen molar-refractivity contribution in [1.82, 2.24) is 10.2 Å². The Balaban J connectivity index is 2.57. The highest BCUT2D eigenvalue weighted by atomic mass is 16.5. The average Bonchev–Trinajstić information content (AvgIpc) is 2.84. The van der Waals surface area contributed by atoms with Gasteiger partial charge in [-0.05, 0) is 32.5 Å². The Kier molecular flexibility index (Phi) is 6.24. The molecule has 6 nitrogen and oxygen atoms in total. The fraction of sp³-hybridized carbons (Fsp3) is 0.571. The molecule has 0 atom stereocenters. The molecule has 1 amide bonds. The molecule has 0 unspecified atom stereocenters. The first-order chi connectivity index (χ1) is 9.46. The van der Waals surface area contributed by atoms with Crippen LogP contribution < -0.4 is 5.32 Å². The molecule has 1 aromatic heterocycles. The number of nitrogens with one attached hydrogen (secondary N) is 1. The molecular weight excluding hydrogens is 260 g/mol. The van der Waals surface area contributed by atoms with Gasteiger partial charge in [0.2, 0.25) is 11.7 Å². The first kappa shape index (κ1) is 16.2. The summed E-state index contributed by atoms with van der Waals surface area (Å²) in [7, 11) is 1.30. The van der Waals surface area contributed by atoms with Crippen LogP contribution in [0.5, 0.6) is 0 Å². The Morgan fingerprint density at radius 1 is 1.40 bits per heavy atom. The zero-order valence-corrected chi connectivity index (χ0v) is 12.4. The third kappa shape index (κ3) is 5.05. The van der Waals surface area contributed by atoms with Crippen LogP contribution in [-0.4, -0.2) is 43.0 Å². The zero-order valence-electron chi connectivity index (χ0n) is 12.4. The maximum Gasteiger partial charge on any atom is 0.373 e. The van der Waals surface area contributed by atoms with Crippen molar-refractivity contribution in [2.75, 3.05) is 20.2 Å². The standard InChI is InChI=1S/C14H22N2O4/c1-5-16(9-13(17)15-10(2)3)8-11-6-7-12(20-11)14(18)19-4/h6-7,10H,5,8-9H2,1-4H3,(H,15,17). The number of amides is 1. The van der Waals surface area contributed by atoms with E-state index >= 15 is 0 Å². The van der Waals surface area contributed by atoms with E-state index in [1.165, 1.54) is 7.11 Å². The van der Waals surface area contributed by atoms with Gasteiger partial charge in [0.1, 0.15) is 5.76 Å². The van der Waals surface area contributed by atoms with Crippen LogP contribution in [0.1, 0.15) is 37.1 Å². The van der Waals surface area contributed by atoms with E-state index in [0.717, 1.165) is 0 Å². The number of carbonyl (C=O) groups is 2. The van der Waals surface area contributed by atoms with Crippen molar-refractivity contribution in [2.45, 2.75) is 33.4 Å². The Bertz CT molecular complexity index is 454. The van der Waals surface area contributed by atoms with Crippen molar-refractivity contribution >= 4 is 11.9 Å². The lowest BCUT2D eigenvalue weighted by atomic mass is 10.3. The Morgan fingerprint density at radius 3 is 2.65 bits per heavy atom. The van der Waals surface area contributed by atoms with E-state index in [-0.39, 0.29) is 17.7 Å². The number of rotatable bonds is 7. The van der Waals surface area contributed by atoms with Crippen molar-refractivity contribution < 1.29 is 18.7 Å². The van der Waals surface area contributed by atoms with Gasteiger partial charge in [-0.2, -0.15) is 0 Å². The quantitative estimate of drug-likeness (QED) is 0.766. The van der Waals surface area contributed by atoms with Crippen LogP contribution in [0.4, 0.5) is 0 Å². The third-order valence-electron chi connectivity index (χ3n) is 2.69. The fourth-order valence-corrected chi connectivity index (χ4v) is 1.74. The number of methoxy groups -OCH3 is 1. The van der Waals surface area contributed by atoms with Gasteiger partial charge in [0.05, 0.1) is 20.2 Å². The van der Waals surface area contributed by atoms with Gasteiger partial charge in [-0.15, -0.1) is 0 Å². The van der Waals surface area contributed by atoms with Gasteiger partial charge >= 0.3 is 5.97 Å². The normalized spacial score (nSPS) is 10.9. The minimum Gasteiger partial charge on any atom is -0.463 e. The maximum atomic E-state index is 11.7. The van der Waals surface area contributed by atoms with Gasteiger partial charge in [0, 0.05) is 6.04 Å². The predicted molar refractivity (Wildman–Crippen MR) is 74.3 cm³/mol. The lowest BCUT2D eigenvalue weighted by Gasteiger charge is -2.19. The molecule has 0 bridgehead atoms. The molecular formula is C14H22N2O4. The first-order valence-electron chi connectivity index (χ1n) is 6.65. The molecule has 0 fully saturated rings. The Hall–Kier alpha value is -1.82. The van der Waals surface area contributed by atoms with Crippen molar-refractivity contribution in [3.8, 4) is 0 Å². The monoisotopic (exact) mass is 282 g/mol. The van der Waals surface area contributed by atoms with Crippen LogP contribution in [0.3, 0.4) is 0 Å². The lowest BCUT2D eigenvalue weighted by Crippen LogP contribution is -2.39. The van der Waals surface area contributed by atoms with Crippen molar-refractivity contribution in [1.29, 1.82) is 0 Å². The molecule has 0 spiro atoms. The summed E-state index contributed by atoms with van der Waals surface area (Å²) in [4.78, 5) is 24.9. The molecule has 0 aromatic carbocycles. The summed E-state index contributed by atoms with van der Waals surface area (Å²) in [5.74, 6) is 0.272. The van der Waals surface area contributed by atoms with E-state index in [1.54, 1.807) is 12.1 Å². The molecule has 112 valence electrons. The van der Waals surface area contributed by atoms with E-state index in [1.807, 2.05) is 25.7 Å². The summed E-state index contributed by atoms with van der Waals surface area (Å²) in [5.41, 5.74) is 0. The molecule has 20 heavy (non-hydrogen) atoms. The summed E-state index contributed by atoms with van der Waals surface area (Å²) < 4.78 is 9.96. The second-order valence-electron chi connectivity index (χ2n) is 4.78. The number of likely N-dealkylation sites (N-methyl/N-ethyl adjacent to an activating group) is 1. The van der Waals surface area contributed by atoms with Crippen molar-refractivity contribution in [3.63, 3.8) is 0 Å². The number of carbonyl (C=O) groups excluding carboxylic acids is 2. The Labute approximate surface area is 119 Å². The average molecular weight is 282 g/mol. The summed E-state index contributed by atoms with van der Waals surface area (Å²) in [6.07, 6.45) is 0. The van der Waals surface area contributed by atoms with Gasteiger partial charge in [0.25, 0.3) is 0 Å². The van der Waals surface area contributed by atoms with Gasteiger partial charge in [-0.3, -0.25) is 9.69 Å². The zero-order chi connectivity index (χ0) is 15.1. The van der Waals surface area contributed by atoms with Gasteiger partial charge in [0.15, 0.2) is 0 Å². The number of hydrogen-bond donors (Lipinski definition) is 1. The highest BCUT2D eigenvalue weighted by molar-refractivity contribution is 5.86. The number of nitrogens with zero attached hydrogens (tertiary/aromatic N) is 1. The van der Waals surface area contributed by atoms with Crippen LogP contribution in [0.25, 0.3) is 0 Å². The SMILES string of the molecule is CCN(CC(=O)NC(C)C)Cc1ccc(C(=O)OC)o1. The first-order valence-corrected chi connectivity index (χ1v) is 6.65. The molecule has 6 heteroatoms. The molecule has 0 radical (unpaired) electrons. The summed E-state index contributed by atoms with van der Waals surface area (Å²) in [5, 5.41) is 2.84. The maximum absolute atomic E-state index is 11.7. The van der Waals surface area contributed by atoms with E-state index in [4.69, 9.17) is 4.42 Å². The Morgan fingerprint density at radius 2 is 2.10 bits per heavy atom. The van der Waals surface area contributed by atoms with Crippen molar-refractivity contribution in [3.05, 3.63) is 23.7 Å². The minimum atomic E-state index is -0.503. The van der Waals surface area contributed by atoms with Gasteiger partial charge in [-0.1, -0.05) is 6.92 Å². The number of ether oxygens (including phenoxy) is 1. The van der Waals surface area contributed by atoms with Crippen molar-refractivity contribution in [2.24, 2.45) is 0 Å². The van der Waals surface area contributed by atoms with Gasteiger partial charge < -0.3 is 14.5 Å². The van der Waals surface area contributed by atoms with E-state index in [0.29, 0.717) is 25.4 Å². The van der Waals surface area contributed by atoms with E-state index < -0.39 is 5.97 Å². The highest BCUT2D eigenvalue weighted by Gasteiger charge is 2.15. The summed E-state index contributed by atoms with van der Waals surface area (Å²) in [6, 6.07) is 3.41. The number of furan rings is 1. The highest BCUT2D eigenvalue weighted by Crippen LogP contribution is 2.11. The van der Waals surface area contributed by atoms with Crippen LogP contribution in [0.2, 0.25) is 0 Å². The van der Waals surface area contributed by atoms with E-state index in [2.05, 4.69) is 10.1 Å². The largest absolute Gasteiger partial charge is 0.463 e. The summed E-state index contributed by atoms with van der Waals surface area (Å²) in [6.45, 7) is 7.28. The molecule has 0 saturated carbocycles. The van der Waals surface area contributed by atoms with E-state index in [9.17, 15) is 9.59 Å². The van der Waals surface area contributed by atoms with Gasteiger partial charge in [-0.25, -0.2) is 4.79 Å². The molecule has 0 aliphatic rings. The molecule has 1 rings (SSSR count). The number of hydrogen-bond acceptors (Lipinski definition) is 5. The molecule has 0 aliphatic carbocycles. The van der Waals surface area contributed by atoms with Crippen LogP contribution in [0, 0.1) is 0 Å². The van der Waals surface area contributed by atoms with Crippen LogP contribution in [-0.2, 0) is 16.1 Å². The summed E-state index contributed by atoms with van der Waals surface area (Å²) >= 11 is 0. The van der Waals surface area contributed by atoms with Crippen LogP contribution >= 0.6 is 0 Å². The third-order valence-corrected chi connectivity index (χ3v) is 2.69. The second kappa shape index (κ2) is 7.69. The topological polar surface area (TPSA) is 71.8 Å². The smallest absolute Gasteiger partial charge is 0.373 e. The second-order valence-corrected chi connectivity index (χ2v) is 4.78. The lowest BCUT2D eigenvalue weighted by molar-refractivity contribution is -0.122. The molecule has 0 saturated heterocycles. The van der Waals surface area contributed by atoms with Crippen LogP contribution in [0.15, 0.2) is 16.5 Å². The predicted octanol–water partition coefficient (Wildman–Crippen LogP) is 1.41. The minimum absolute atomic E-state index is 0.0263.